The topological polar surface area (TPSA) is 0 Å². The van der Waals surface area contributed by atoms with Crippen LogP contribution in [0.25, 0.3) is 0 Å². The quantitative estimate of drug-likeness (QED) is 0.592. The molecule has 0 heterocycles. The average molecular weight is 198 g/mol. The van der Waals surface area contributed by atoms with E-state index in [9.17, 15) is 0 Å². The van der Waals surface area contributed by atoms with Gasteiger partial charge in [0.1, 0.15) is 0 Å². The highest BCUT2D eigenvalue weighted by Crippen LogP contribution is 2.37. The third-order valence-corrected chi connectivity index (χ3v) is 3.44. The molecule has 1 unspecified atom stereocenters. The van der Waals surface area contributed by atoms with Crippen LogP contribution in [0.1, 0.15) is 20.8 Å². The number of allylic oxidation sites excluding steroid dienone is 10. The molecule has 0 fully saturated rings. The smallest absolute Gasteiger partial charge is 0.00681 e. The van der Waals surface area contributed by atoms with Gasteiger partial charge in [-0.2, -0.15) is 0 Å². The second kappa shape index (κ2) is 3.69. The van der Waals surface area contributed by atoms with Gasteiger partial charge in [0.2, 0.25) is 0 Å². The Balaban J connectivity index is 2.42. The van der Waals surface area contributed by atoms with E-state index in [2.05, 4.69) is 69.4 Å². The van der Waals surface area contributed by atoms with Crippen molar-refractivity contribution in [3.63, 3.8) is 0 Å². The van der Waals surface area contributed by atoms with Crippen molar-refractivity contribution < 1.29 is 0 Å². The van der Waals surface area contributed by atoms with Gasteiger partial charge < -0.3 is 0 Å². The summed E-state index contributed by atoms with van der Waals surface area (Å²) in [5, 5.41) is 0. The first-order valence-corrected chi connectivity index (χ1v) is 5.59. The van der Waals surface area contributed by atoms with Crippen molar-refractivity contribution in [1.29, 1.82) is 0 Å². The summed E-state index contributed by atoms with van der Waals surface area (Å²) in [5.41, 5.74) is 2.86. The Hall–Kier alpha value is -1.30. The standard InChI is InChI=1S/C15H18/c1-12(2)15(3)10-9-13-7-5-4-6-8-14(13)11-15/h4-12H,1-3H3. The van der Waals surface area contributed by atoms with Crippen LogP contribution in [0, 0.1) is 11.3 Å². The molecule has 2 aliphatic rings. The number of rotatable bonds is 1. The normalized spacial score (nSPS) is 28.5. The predicted octanol–water partition coefficient (Wildman–Crippen LogP) is 4.20. The Morgan fingerprint density at radius 3 is 2.53 bits per heavy atom. The Bertz CT molecular complexity index is 400. The van der Waals surface area contributed by atoms with Crippen LogP contribution >= 0.6 is 0 Å². The van der Waals surface area contributed by atoms with Crippen molar-refractivity contribution in [2.45, 2.75) is 20.8 Å². The molecule has 0 nitrogen and oxygen atoms in total. The molecule has 0 N–H and O–H groups in total. The second-order valence-electron chi connectivity index (χ2n) is 4.82. The van der Waals surface area contributed by atoms with E-state index in [0.29, 0.717) is 5.92 Å². The maximum absolute atomic E-state index is 2.38. The Morgan fingerprint density at radius 2 is 1.80 bits per heavy atom. The highest BCUT2D eigenvalue weighted by Gasteiger charge is 2.26. The van der Waals surface area contributed by atoms with Crippen molar-refractivity contribution in [3.8, 4) is 0 Å². The van der Waals surface area contributed by atoms with E-state index < -0.39 is 0 Å². The first-order chi connectivity index (χ1) is 7.12. The van der Waals surface area contributed by atoms with Gasteiger partial charge in [-0.05, 0) is 17.1 Å². The highest BCUT2D eigenvalue weighted by atomic mass is 14.3. The van der Waals surface area contributed by atoms with E-state index in [-0.39, 0.29) is 5.41 Å². The lowest BCUT2D eigenvalue weighted by molar-refractivity contribution is 0.379. The lowest BCUT2D eigenvalue weighted by Gasteiger charge is -2.31. The fourth-order valence-electron chi connectivity index (χ4n) is 1.87. The molecule has 0 saturated heterocycles. The van der Waals surface area contributed by atoms with E-state index in [4.69, 9.17) is 0 Å². The molecule has 0 amide bonds. The molecule has 15 heavy (non-hydrogen) atoms. The van der Waals surface area contributed by atoms with E-state index >= 15 is 0 Å². The molecule has 0 heteroatoms. The van der Waals surface area contributed by atoms with E-state index in [1.165, 1.54) is 11.1 Å². The molecule has 0 spiro atoms. The maximum atomic E-state index is 2.38. The van der Waals surface area contributed by atoms with E-state index in [1.54, 1.807) is 0 Å². The van der Waals surface area contributed by atoms with Crippen LogP contribution < -0.4 is 0 Å². The van der Waals surface area contributed by atoms with Crippen molar-refractivity contribution in [2.75, 3.05) is 0 Å². The monoisotopic (exact) mass is 198 g/mol. The fraction of sp³-hybridized carbons (Fsp3) is 0.333. The zero-order valence-corrected chi connectivity index (χ0v) is 9.70. The second-order valence-corrected chi connectivity index (χ2v) is 4.82. The summed E-state index contributed by atoms with van der Waals surface area (Å²) in [4.78, 5) is 0. The lowest BCUT2D eigenvalue weighted by Crippen LogP contribution is -2.20. The van der Waals surface area contributed by atoms with Gasteiger partial charge in [-0.3, -0.25) is 0 Å². The summed E-state index contributed by atoms with van der Waals surface area (Å²) in [6, 6.07) is 0. The molecule has 78 valence electrons. The molecule has 0 aromatic heterocycles. The average Bonchev–Trinajstić information content (AvgIpc) is 2.41. The SMILES string of the molecule is CC(C)C1(C)C=CC2=CC=CC=CC2=C1. The number of hydrogen-bond donors (Lipinski definition) is 0. The van der Waals surface area contributed by atoms with Gasteiger partial charge in [-0.15, -0.1) is 0 Å². The van der Waals surface area contributed by atoms with Gasteiger partial charge in [-0.25, -0.2) is 0 Å². The molecule has 2 aliphatic carbocycles. The number of fused-ring (bicyclic) bond motifs is 1. The third-order valence-electron chi connectivity index (χ3n) is 3.44. The molecule has 1 atom stereocenters. The predicted molar refractivity (Wildman–Crippen MR) is 66.5 cm³/mol. The minimum Gasteiger partial charge on any atom is -0.0739 e. The molecule has 0 radical (unpaired) electrons. The highest BCUT2D eigenvalue weighted by molar-refractivity contribution is 5.54. The van der Waals surface area contributed by atoms with Gasteiger partial charge in [0.25, 0.3) is 0 Å². The summed E-state index contributed by atoms with van der Waals surface area (Å²) in [6.07, 6.45) is 17.6. The molecular weight excluding hydrogens is 180 g/mol. The molecule has 0 aliphatic heterocycles. The lowest BCUT2D eigenvalue weighted by atomic mass is 9.73. The van der Waals surface area contributed by atoms with Crippen molar-refractivity contribution in [1.82, 2.24) is 0 Å². The van der Waals surface area contributed by atoms with Crippen LogP contribution in [-0.2, 0) is 0 Å². The zero-order valence-electron chi connectivity index (χ0n) is 9.70. The minimum absolute atomic E-state index is 0.196. The third kappa shape index (κ3) is 1.90. The Morgan fingerprint density at radius 1 is 1.00 bits per heavy atom. The van der Waals surface area contributed by atoms with Crippen LogP contribution in [-0.4, -0.2) is 0 Å². The molecule has 0 aromatic rings. The molecular formula is C15H18. The van der Waals surface area contributed by atoms with Crippen LogP contribution in [0.5, 0.6) is 0 Å². The first kappa shape index (κ1) is 10.2. The Kier molecular flexibility index (Phi) is 2.52. The maximum Gasteiger partial charge on any atom is 0.00681 e. The van der Waals surface area contributed by atoms with E-state index in [0.717, 1.165) is 0 Å². The summed E-state index contributed by atoms with van der Waals surface area (Å²) in [5.74, 6) is 0.632. The summed E-state index contributed by atoms with van der Waals surface area (Å²) in [7, 11) is 0. The van der Waals surface area contributed by atoms with Crippen LogP contribution in [0.4, 0.5) is 0 Å². The van der Waals surface area contributed by atoms with Gasteiger partial charge >= 0.3 is 0 Å². The Labute approximate surface area is 92.4 Å². The van der Waals surface area contributed by atoms with Crippen molar-refractivity contribution in [3.05, 3.63) is 59.8 Å². The van der Waals surface area contributed by atoms with Crippen LogP contribution in [0.3, 0.4) is 0 Å². The van der Waals surface area contributed by atoms with Gasteiger partial charge in [-0.1, -0.05) is 69.4 Å². The molecule has 0 aromatic carbocycles. The summed E-state index contributed by atoms with van der Waals surface area (Å²) >= 11 is 0. The zero-order chi connectivity index (χ0) is 10.9. The van der Waals surface area contributed by atoms with E-state index in [1.807, 2.05) is 0 Å². The summed E-state index contributed by atoms with van der Waals surface area (Å²) < 4.78 is 0. The van der Waals surface area contributed by atoms with Crippen molar-refractivity contribution in [2.24, 2.45) is 11.3 Å². The molecule has 0 saturated carbocycles. The van der Waals surface area contributed by atoms with Gasteiger partial charge in [0, 0.05) is 5.41 Å². The van der Waals surface area contributed by atoms with Crippen LogP contribution in [0.2, 0.25) is 0 Å². The molecule has 2 rings (SSSR count). The van der Waals surface area contributed by atoms with Gasteiger partial charge in [0.15, 0.2) is 0 Å². The largest absolute Gasteiger partial charge is 0.0739 e. The van der Waals surface area contributed by atoms with Crippen molar-refractivity contribution >= 4 is 0 Å². The minimum atomic E-state index is 0.196. The number of hydrogen-bond acceptors (Lipinski definition) is 0. The fourth-order valence-corrected chi connectivity index (χ4v) is 1.87. The summed E-state index contributed by atoms with van der Waals surface area (Å²) in [6.45, 7) is 6.84. The van der Waals surface area contributed by atoms with Gasteiger partial charge in [0.05, 0.1) is 0 Å². The first-order valence-electron chi connectivity index (χ1n) is 5.59. The van der Waals surface area contributed by atoms with Crippen LogP contribution in [0.15, 0.2) is 59.8 Å². The molecule has 0 bridgehead atoms.